The van der Waals surface area contributed by atoms with Gasteiger partial charge in [0.25, 0.3) is 5.91 Å². The number of nitrogens with zero attached hydrogens (tertiary/aromatic N) is 2. The molecule has 3 atom stereocenters. The number of benzene rings is 1. The number of piperidine rings is 2. The van der Waals surface area contributed by atoms with Gasteiger partial charge in [0.2, 0.25) is 11.8 Å². The van der Waals surface area contributed by atoms with Gasteiger partial charge in [-0.15, -0.1) is 0 Å². The summed E-state index contributed by atoms with van der Waals surface area (Å²) in [6.45, 7) is 2.73. The number of likely N-dealkylation sites (tertiary alicyclic amines) is 1. The molecule has 30 heavy (non-hydrogen) atoms. The first-order chi connectivity index (χ1) is 14.6. The summed E-state index contributed by atoms with van der Waals surface area (Å²) in [5.74, 6) is 0.0221. The Balaban J connectivity index is 1.28. The first-order valence-electron chi connectivity index (χ1n) is 11.3. The third kappa shape index (κ3) is 3.60. The number of rotatable bonds is 4. The van der Waals surface area contributed by atoms with E-state index in [9.17, 15) is 14.4 Å². The molecule has 1 aromatic carbocycles. The maximum atomic E-state index is 12.9. The van der Waals surface area contributed by atoms with Crippen LogP contribution in [0.2, 0.25) is 0 Å². The number of hydrogen-bond acceptors (Lipinski definition) is 5. The van der Waals surface area contributed by atoms with E-state index in [2.05, 4.69) is 10.2 Å². The molecule has 1 aromatic rings. The molecule has 5 rings (SSSR count). The zero-order valence-electron chi connectivity index (χ0n) is 17.3. The molecule has 0 radical (unpaired) electrons. The van der Waals surface area contributed by atoms with Gasteiger partial charge >= 0.3 is 0 Å². The molecule has 7 heteroatoms. The van der Waals surface area contributed by atoms with Gasteiger partial charge in [0.05, 0.1) is 0 Å². The second kappa shape index (κ2) is 8.02. The number of carbonyl (C=O) groups excluding carboxylic acids is 3. The van der Waals surface area contributed by atoms with Crippen molar-refractivity contribution in [2.24, 2.45) is 0 Å². The van der Waals surface area contributed by atoms with Crippen molar-refractivity contribution in [3.63, 3.8) is 0 Å². The molecule has 0 spiro atoms. The highest BCUT2D eigenvalue weighted by molar-refractivity contribution is 6.05. The van der Waals surface area contributed by atoms with E-state index in [4.69, 9.17) is 4.74 Å². The Kier molecular flexibility index (Phi) is 5.23. The van der Waals surface area contributed by atoms with Crippen molar-refractivity contribution in [3.8, 4) is 5.75 Å². The predicted molar refractivity (Wildman–Crippen MR) is 110 cm³/mol. The summed E-state index contributed by atoms with van der Waals surface area (Å²) in [6, 6.07) is 5.58. The highest BCUT2D eigenvalue weighted by atomic mass is 16.5. The van der Waals surface area contributed by atoms with E-state index in [1.54, 1.807) is 4.90 Å². The molecule has 0 aromatic heterocycles. The Hall–Kier alpha value is -2.41. The van der Waals surface area contributed by atoms with Gasteiger partial charge in [-0.05, 0) is 75.4 Å². The number of carbonyl (C=O) groups is 3. The number of nitrogens with one attached hydrogen (secondary N) is 1. The smallest absolute Gasteiger partial charge is 0.255 e. The lowest BCUT2D eigenvalue weighted by atomic mass is 10.0. The first kappa shape index (κ1) is 19.5. The molecular weight excluding hydrogens is 382 g/mol. The minimum atomic E-state index is -0.578. The van der Waals surface area contributed by atoms with E-state index in [1.807, 2.05) is 18.2 Å². The van der Waals surface area contributed by atoms with Crippen molar-refractivity contribution in [3.05, 3.63) is 29.3 Å². The van der Waals surface area contributed by atoms with E-state index >= 15 is 0 Å². The zero-order valence-corrected chi connectivity index (χ0v) is 17.3. The molecule has 3 heterocycles. The predicted octanol–water partition coefficient (Wildman–Crippen LogP) is 2.23. The van der Waals surface area contributed by atoms with Gasteiger partial charge in [-0.1, -0.05) is 6.42 Å². The Morgan fingerprint density at radius 1 is 0.967 bits per heavy atom. The Labute approximate surface area is 176 Å². The van der Waals surface area contributed by atoms with Crippen LogP contribution in [-0.4, -0.2) is 58.8 Å². The fraction of sp³-hybridized carbons (Fsp3) is 0.609. The van der Waals surface area contributed by atoms with Gasteiger partial charge < -0.3 is 9.64 Å². The van der Waals surface area contributed by atoms with Gasteiger partial charge in [-0.25, -0.2) is 0 Å². The van der Waals surface area contributed by atoms with Gasteiger partial charge in [0, 0.05) is 24.6 Å². The topological polar surface area (TPSA) is 79.0 Å². The van der Waals surface area contributed by atoms with Crippen LogP contribution in [0.4, 0.5) is 0 Å². The molecule has 3 fully saturated rings. The van der Waals surface area contributed by atoms with E-state index < -0.39 is 6.04 Å². The van der Waals surface area contributed by atoms with Crippen LogP contribution < -0.4 is 10.1 Å². The van der Waals surface area contributed by atoms with Gasteiger partial charge in [-0.2, -0.15) is 0 Å². The van der Waals surface area contributed by atoms with Crippen molar-refractivity contribution in [2.75, 3.05) is 13.1 Å². The molecular formula is C23H29N3O4. The molecule has 2 saturated heterocycles. The summed E-state index contributed by atoms with van der Waals surface area (Å²) in [5, 5.41) is 2.35. The van der Waals surface area contributed by atoms with E-state index in [-0.39, 0.29) is 30.2 Å². The zero-order chi connectivity index (χ0) is 20.7. The van der Waals surface area contributed by atoms with E-state index in [0.717, 1.165) is 17.7 Å². The van der Waals surface area contributed by atoms with Gasteiger partial charge in [-0.3, -0.25) is 24.6 Å². The maximum Gasteiger partial charge on any atom is 0.255 e. The van der Waals surface area contributed by atoms with Crippen LogP contribution in [-0.2, 0) is 16.1 Å². The van der Waals surface area contributed by atoms with Crippen molar-refractivity contribution in [1.82, 2.24) is 15.1 Å². The molecule has 1 saturated carbocycles. The van der Waals surface area contributed by atoms with E-state index in [1.165, 1.54) is 45.2 Å². The average Bonchev–Trinajstić information content (AvgIpc) is 3.33. The first-order valence-corrected chi connectivity index (χ1v) is 11.3. The Morgan fingerprint density at radius 2 is 1.80 bits per heavy atom. The molecule has 7 nitrogen and oxygen atoms in total. The number of hydrogen-bond donors (Lipinski definition) is 1. The molecule has 160 valence electrons. The molecule has 3 aliphatic heterocycles. The van der Waals surface area contributed by atoms with E-state index in [0.29, 0.717) is 24.6 Å². The molecule has 3 amide bonds. The monoisotopic (exact) mass is 411 g/mol. The normalized spacial score (nSPS) is 29.8. The molecule has 1 N–H and O–H groups in total. The van der Waals surface area contributed by atoms with Crippen LogP contribution in [0.1, 0.15) is 67.3 Å². The van der Waals surface area contributed by atoms with Crippen molar-refractivity contribution >= 4 is 17.7 Å². The third-order valence-electron chi connectivity index (χ3n) is 7.06. The standard InChI is InChI=1S/C23H29N3O4/c27-21-10-9-19(22(28)24-21)26-14-15-13-16(7-8-17(15)23(26)29)30-20-6-4-5-18(20)25-11-2-1-3-12-25/h7-8,13,18-20H,1-6,9-12,14H2,(H,24,27,28)/t18-,19?,20+/m1/s1. The molecule has 1 aliphatic carbocycles. The highest BCUT2D eigenvalue weighted by Crippen LogP contribution is 2.33. The molecule has 0 bridgehead atoms. The lowest BCUT2D eigenvalue weighted by Crippen LogP contribution is -2.52. The largest absolute Gasteiger partial charge is 0.489 e. The lowest BCUT2D eigenvalue weighted by Gasteiger charge is -2.35. The fourth-order valence-electron chi connectivity index (χ4n) is 5.51. The number of fused-ring (bicyclic) bond motifs is 1. The van der Waals surface area contributed by atoms with Crippen LogP contribution in [0.3, 0.4) is 0 Å². The molecule has 4 aliphatic rings. The van der Waals surface area contributed by atoms with Crippen LogP contribution in [0.15, 0.2) is 18.2 Å². The summed E-state index contributed by atoms with van der Waals surface area (Å²) in [4.78, 5) is 40.7. The average molecular weight is 412 g/mol. The summed E-state index contributed by atoms with van der Waals surface area (Å²) < 4.78 is 6.42. The third-order valence-corrected chi connectivity index (χ3v) is 7.06. The van der Waals surface area contributed by atoms with Crippen molar-refractivity contribution in [2.45, 2.75) is 76.1 Å². The summed E-state index contributed by atoms with van der Waals surface area (Å²) in [6.07, 6.45) is 8.19. The number of ether oxygens (including phenoxy) is 1. The van der Waals surface area contributed by atoms with Crippen molar-refractivity contribution < 1.29 is 19.1 Å². The Morgan fingerprint density at radius 3 is 2.60 bits per heavy atom. The number of amides is 3. The van der Waals surface area contributed by atoms with Crippen molar-refractivity contribution in [1.29, 1.82) is 0 Å². The minimum absolute atomic E-state index is 0.141. The van der Waals surface area contributed by atoms with Crippen LogP contribution in [0, 0.1) is 0 Å². The van der Waals surface area contributed by atoms with Gasteiger partial charge in [0.1, 0.15) is 17.9 Å². The second-order valence-electron chi connectivity index (χ2n) is 8.97. The van der Waals surface area contributed by atoms with Crippen LogP contribution in [0.25, 0.3) is 0 Å². The van der Waals surface area contributed by atoms with Crippen LogP contribution >= 0.6 is 0 Å². The quantitative estimate of drug-likeness (QED) is 0.769. The maximum absolute atomic E-state index is 12.9. The lowest BCUT2D eigenvalue weighted by molar-refractivity contribution is -0.136. The Bertz CT molecular complexity index is 864. The summed E-state index contributed by atoms with van der Waals surface area (Å²) in [5.41, 5.74) is 1.53. The highest BCUT2D eigenvalue weighted by Gasteiger charge is 2.39. The SMILES string of the molecule is O=C1CCC(N2Cc3cc(O[C@H]4CCC[C@H]4N4CCCCC4)ccc3C2=O)C(=O)N1. The fourth-order valence-corrected chi connectivity index (χ4v) is 5.51. The summed E-state index contributed by atoms with van der Waals surface area (Å²) in [7, 11) is 0. The van der Waals surface area contributed by atoms with Gasteiger partial charge in [0.15, 0.2) is 0 Å². The minimum Gasteiger partial charge on any atom is -0.489 e. The number of imide groups is 1. The molecule has 1 unspecified atom stereocenters. The van der Waals surface area contributed by atoms with Crippen LogP contribution in [0.5, 0.6) is 5.75 Å². The summed E-state index contributed by atoms with van der Waals surface area (Å²) >= 11 is 0. The second-order valence-corrected chi connectivity index (χ2v) is 8.97.